The van der Waals surface area contributed by atoms with E-state index in [0.717, 1.165) is 13.1 Å². The predicted octanol–water partition coefficient (Wildman–Crippen LogP) is 3.78. The molecule has 0 radical (unpaired) electrons. The first-order valence-corrected chi connectivity index (χ1v) is 8.77. The average molecular weight is 342 g/mol. The third-order valence-electron chi connectivity index (χ3n) is 4.26. The highest BCUT2D eigenvalue weighted by Gasteiger charge is 2.25. The number of nitro benzene ring substituents is 1. The number of anilines is 1. The fourth-order valence-corrected chi connectivity index (χ4v) is 3.91. The highest BCUT2D eigenvalue weighted by Crippen LogP contribution is 2.31. The van der Waals surface area contributed by atoms with Crippen molar-refractivity contribution < 1.29 is 4.92 Å². The molecule has 0 spiro atoms. The topological polar surface area (TPSA) is 82.2 Å². The second-order valence-corrected chi connectivity index (χ2v) is 6.74. The van der Waals surface area contributed by atoms with Crippen LogP contribution in [0.1, 0.15) is 29.3 Å². The zero-order chi connectivity index (χ0) is 16.9. The molecule has 1 aliphatic rings. The third kappa shape index (κ3) is 3.55. The van der Waals surface area contributed by atoms with Crippen molar-refractivity contribution in [3.8, 4) is 6.07 Å². The van der Waals surface area contributed by atoms with Crippen molar-refractivity contribution in [1.82, 2.24) is 4.90 Å². The lowest BCUT2D eigenvalue weighted by Crippen LogP contribution is -2.30. The third-order valence-corrected chi connectivity index (χ3v) is 5.24. The number of thiophene rings is 1. The molecule has 24 heavy (non-hydrogen) atoms. The van der Waals surface area contributed by atoms with E-state index in [1.807, 2.05) is 12.1 Å². The maximum absolute atomic E-state index is 11.3. The van der Waals surface area contributed by atoms with E-state index >= 15 is 0 Å². The molecule has 3 rings (SSSR count). The van der Waals surface area contributed by atoms with Gasteiger partial charge >= 0.3 is 0 Å². The van der Waals surface area contributed by atoms with Crippen molar-refractivity contribution in [2.24, 2.45) is 0 Å². The summed E-state index contributed by atoms with van der Waals surface area (Å²) in [7, 11) is 0. The first-order valence-electron chi connectivity index (χ1n) is 7.89. The smallest absolute Gasteiger partial charge is 0.293 e. The number of benzene rings is 1. The van der Waals surface area contributed by atoms with Gasteiger partial charge in [-0.3, -0.25) is 15.0 Å². The molecule has 1 saturated heterocycles. The number of nitrogens with zero attached hydrogens (tertiary/aromatic N) is 3. The first-order chi connectivity index (χ1) is 11.7. The highest BCUT2D eigenvalue weighted by molar-refractivity contribution is 7.10. The molecule has 0 saturated carbocycles. The minimum Gasteiger partial charge on any atom is -0.378 e. The molecule has 1 aliphatic heterocycles. The van der Waals surface area contributed by atoms with Gasteiger partial charge in [0, 0.05) is 17.5 Å². The molecule has 0 aliphatic carbocycles. The summed E-state index contributed by atoms with van der Waals surface area (Å²) >= 11 is 1.71. The standard InChI is InChI=1S/C17H18N4O2S/c18-11-13-5-6-14(15(10-13)21(22)23)19-12-16(17-4-3-9-24-17)20-7-1-2-8-20/h3-6,9-10,16,19H,1-2,7-8,12H2. The Balaban J connectivity index is 1.80. The van der Waals surface area contributed by atoms with E-state index in [4.69, 9.17) is 5.26 Å². The molecule has 124 valence electrons. The molecule has 2 aromatic rings. The molecule has 0 bridgehead atoms. The van der Waals surface area contributed by atoms with Gasteiger partial charge in [-0.15, -0.1) is 11.3 Å². The Hall–Kier alpha value is -2.43. The van der Waals surface area contributed by atoms with Gasteiger partial charge in [0.05, 0.1) is 22.6 Å². The molecular weight excluding hydrogens is 324 g/mol. The zero-order valence-electron chi connectivity index (χ0n) is 13.1. The van der Waals surface area contributed by atoms with Gasteiger partial charge in [0.1, 0.15) is 5.69 Å². The largest absolute Gasteiger partial charge is 0.378 e. The predicted molar refractivity (Wildman–Crippen MR) is 94.2 cm³/mol. The monoisotopic (exact) mass is 342 g/mol. The van der Waals surface area contributed by atoms with Crippen LogP contribution >= 0.6 is 11.3 Å². The van der Waals surface area contributed by atoms with Gasteiger partial charge in [0.15, 0.2) is 0 Å². The summed E-state index contributed by atoms with van der Waals surface area (Å²) in [6.07, 6.45) is 2.39. The lowest BCUT2D eigenvalue weighted by Gasteiger charge is -2.27. The Morgan fingerprint density at radius 1 is 1.38 bits per heavy atom. The van der Waals surface area contributed by atoms with Crippen molar-refractivity contribution in [2.75, 3.05) is 25.0 Å². The molecule has 7 heteroatoms. The van der Waals surface area contributed by atoms with Crippen molar-refractivity contribution >= 4 is 22.7 Å². The second-order valence-electron chi connectivity index (χ2n) is 5.76. The lowest BCUT2D eigenvalue weighted by molar-refractivity contribution is -0.384. The van der Waals surface area contributed by atoms with Crippen molar-refractivity contribution in [2.45, 2.75) is 18.9 Å². The van der Waals surface area contributed by atoms with E-state index in [-0.39, 0.29) is 11.7 Å². The summed E-state index contributed by atoms with van der Waals surface area (Å²) in [5, 5.41) is 25.5. The van der Waals surface area contributed by atoms with Crippen LogP contribution in [0, 0.1) is 21.4 Å². The van der Waals surface area contributed by atoms with Crippen LogP contribution in [-0.4, -0.2) is 29.5 Å². The Morgan fingerprint density at radius 2 is 2.17 bits per heavy atom. The van der Waals surface area contributed by atoms with Crippen LogP contribution in [0.25, 0.3) is 0 Å². The number of likely N-dealkylation sites (tertiary alicyclic amines) is 1. The van der Waals surface area contributed by atoms with E-state index in [0.29, 0.717) is 17.8 Å². The lowest BCUT2D eigenvalue weighted by atomic mass is 10.1. The molecule has 1 fully saturated rings. The summed E-state index contributed by atoms with van der Waals surface area (Å²) in [6.45, 7) is 2.71. The van der Waals surface area contributed by atoms with Gasteiger partial charge < -0.3 is 5.32 Å². The summed E-state index contributed by atoms with van der Waals surface area (Å²) in [5.74, 6) is 0. The van der Waals surface area contributed by atoms with Gasteiger partial charge in [0.25, 0.3) is 5.69 Å². The molecule has 1 unspecified atom stereocenters. The SMILES string of the molecule is N#Cc1ccc(NCC(c2cccs2)N2CCCC2)c([N+](=O)[O-])c1. The summed E-state index contributed by atoms with van der Waals surface area (Å²) in [4.78, 5) is 14.5. The van der Waals surface area contributed by atoms with Gasteiger partial charge in [0.2, 0.25) is 0 Å². The maximum atomic E-state index is 11.3. The Morgan fingerprint density at radius 3 is 2.79 bits per heavy atom. The summed E-state index contributed by atoms with van der Waals surface area (Å²) in [5.41, 5.74) is 0.696. The first kappa shape index (κ1) is 16.4. The van der Waals surface area contributed by atoms with Crippen molar-refractivity contribution in [1.29, 1.82) is 5.26 Å². The zero-order valence-corrected chi connectivity index (χ0v) is 14.0. The van der Waals surface area contributed by atoms with Crippen LogP contribution in [0.15, 0.2) is 35.7 Å². The maximum Gasteiger partial charge on any atom is 0.293 e. The molecular formula is C17H18N4O2S. The number of hydrogen-bond donors (Lipinski definition) is 1. The van der Waals surface area contributed by atoms with Crippen LogP contribution in [0.2, 0.25) is 0 Å². The molecule has 2 heterocycles. The van der Waals surface area contributed by atoms with Crippen LogP contribution in [0.5, 0.6) is 0 Å². The van der Waals surface area contributed by atoms with Crippen LogP contribution in [-0.2, 0) is 0 Å². The normalized spacial score (nSPS) is 15.8. The fraction of sp³-hybridized carbons (Fsp3) is 0.353. The number of nitrogens with one attached hydrogen (secondary N) is 1. The van der Waals surface area contributed by atoms with E-state index in [1.165, 1.54) is 23.8 Å². The number of rotatable bonds is 6. The molecule has 1 aromatic carbocycles. The summed E-state index contributed by atoms with van der Waals surface area (Å²) < 4.78 is 0. The minimum absolute atomic E-state index is 0.0552. The van der Waals surface area contributed by atoms with Crippen molar-refractivity contribution in [3.63, 3.8) is 0 Å². The van der Waals surface area contributed by atoms with Crippen molar-refractivity contribution in [3.05, 3.63) is 56.3 Å². The molecule has 0 amide bonds. The van der Waals surface area contributed by atoms with Crippen LogP contribution in [0.4, 0.5) is 11.4 Å². The van der Waals surface area contributed by atoms with Gasteiger partial charge in [-0.1, -0.05) is 6.07 Å². The molecule has 6 nitrogen and oxygen atoms in total. The quantitative estimate of drug-likeness (QED) is 0.638. The van der Waals surface area contributed by atoms with Crippen LogP contribution in [0.3, 0.4) is 0 Å². The van der Waals surface area contributed by atoms with E-state index in [9.17, 15) is 10.1 Å². The average Bonchev–Trinajstić information content (AvgIpc) is 3.29. The molecule has 1 aromatic heterocycles. The second kappa shape index (κ2) is 7.43. The van der Waals surface area contributed by atoms with Gasteiger partial charge in [-0.05, 0) is 49.5 Å². The summed E-state index contributed by atoms with van der Waals surface area (Å²) in [6, 6.07) is 10.8. The highest BCUT2D eigenvalue weighted by atomic mass is 32.1. The van der Waals surface area contributed by atoms with Gasteiger partial charge in [-0.2, -0.15) is 5.26 Å². The number of nitriles is 1. The van der Waals surface area contributed by atoms with E-state index in [1.54, 1.807) is 23.5 Å². The Labute approximate surface area is 144 Å². The Bertz CT molecular complexity index is 748. The molecule has 1 atom stereocenters. The van der Waals surface area contributed by atoms with Crippen LogP contribution < -0.4 is 5.32 Å². The molecule has 1 N–H and O–H groups in total. The number of hydrogen-bond acceptors (Lipinski definition) is 6. The fourth-order valence-electron chi connectivity index (χ4n) is 3.05. The number of nitro groups is 1. The minimum atomic E-state index is -0.445. The van der Waals surface area contributed by atoms with E-state index < -0.39 is 4.92 Å². The Kier molecular flexibility index (Phi) is 5.08. The van der Waals surface area contributed by atoms with Gasteiger partial charge in [-0.25, -0.2) is 0 Å². The van der Waals surface area contributed by atoms with E-state index in [2.05, 4.69) is 21.7 Å².